The predicted molar refractivity (Wildman–Crippen MR) is 108 cm³/mol. The SMILES string of the molecule is COc1ccc(O)c(-c2cc(=O)[nH]c(-c3cccc(CN4CCCC4)c3)n2)c1. The molecule has 2 N–H and O–H groups in total. The number of hydrogen-bond acceptors (Lipinski definition) is 5. The van der Waals surface area contributed by atoms with E-state index < -0.39 is 0 Å². The van der Waals surface area contributed by atoms with Crippen molar-refractivity contribution in [2.24, 2.45) is 0 Å². The van der Waals surface area contributed by atoms with Crippen LogP contribution in [0.4, 0.5) is 0 Å². The van der Waals surface area contributed by atoms with Crippen LogP contribution in [0.1, 0.15) is 18.4 Å². The Morgan fingerprint density at radius 3 is 2.75 bits per heavy atom. The fraction of sp³-hybridized carbons (Fsp3) is 0.273. The zero-order valence-corrected chi connectivity index (χ0v) is 15.8. The lowest BCUT2D eigenvalue weighted by Crippen LogP contribution is -2.18. The Bertz CT molecular complexity index is 1040. The van der Waals surface area contributed by atoms with Gasteiger partial charge in [-0.3, -0.25) is 9.69 Å². The van der Waals surface area contributed by atoms with Crippen molar-refractivity contribution in [1.29, 1.82) is 0 Å². The molecule has 2 heterocycles. The van der Waals surface area contributed by atoms with Crippen molar-refractivity contribution in [3.05, 3.63) is 64.4 Å². The van der Waals surface area contributed by atoms with Gasteiger partial charge in [0.25, 0.3) is 5.56 Å². The lowest BCUT2D eigenvalue weighted by Gasteiger charge is -2.15. The number of likely N-dealkylation sites (tertiary alicyclic amines) is 1. The van der Waals surface area contributed by atoms with E-state index in [-0.39, 0.29) is 11.3 Å². The summed E-state index contributed by atoms with van der Waals surface area (Å²) in [5.41, 5.74) is 2.63. The molecule has 0 unspecified atom stereocenters. The maximum atomic E-state index is 12.3. The van der Waals surface area contributed by atoms with E-state index in [1.165, 1.54) is 30.5 Å². The van der Waals surface area contributed by atoms with E-state index in [1.807, 2.05) is 12.1 Å². The Morgan fingerprint density at radius 2 is 1.96 bits per heavy atom. The highest BCUT2D eigenvalue weighted by Crippen LogP contribution is 2.31. The normalized spacial score (nSPS) is 14.3. The Kier molecular flexibility index (Phi) is 5.12. The number of nitrogens with zero attached hydrogens (tertiary/aromatic N) is 2. The Hall–Kier alpha value is -3.12. The van der Waals surface area contributed by atoms with Crippen LogP contribution in [0.25, 0.3) is 22.6 Å². The molecule has 0 spiro atoms. The number of hydrogen-bond donors (Lipinski definition) is 2. The summed E-state index contributed by atoms with van der Waals surface area (Å²) in [6.07, 6.45) is 2.50. The largest absolute Gasteiger partial charge is 0.507 e. The van der Waals surface area contributed by atoms with Crippen LogP contribution < -0.4 is 10.3 Å². The van der Waals surface area contributed by atoms with E-state index in [9.17, 15) is 9.90 Å². The minimum atomic E-state index is -0.271. The van der Waals surface area contributed by atoms with Crippen LogP contribution >= 0.6 is 0 Å². The molecule has 0 radical (unpaired) electrons. The number of phenols is 1. The molecule has 1 aliphatic rings. The van der Waals surface area contributed by atoms with E-state index in [0.29, 0.717) is 22.8 Å². The number of methoxy groups -OCH3 is 1. The van der Waals surface area contributed by atoms with Gasteiger partial charge >= 0.3 is 0 Å². The van der Waals surface area contributed by atoms with Gasteiger partial charge in [0.1, 0.15) is 17.3 Å². The molecule has 4 rings (SSSR count). The third-order valence-corrected chi connectivity index (χ3v) is 5.03. The molecule has 6 heteroatoms. The second-order valence-corrected chi connectivity index (χ2v) is 7.05. The van der Waals surface area contributed by atoms with Crippen molar-refractivity contribution in [2.45, 2.75) is 19.4 Å². The Balaban J connectivity index is 1.71. The van der Waals surface area contributed by atoms with Gasteiger partial charge in [-0.2, -0.15) is 0 Å². The number of aromatic nitrogens is 2. The van der Waals surface area contributed by atoms with Crippen LogP contribution in [0, 0.1) is 0 Å². The molecule has 1 saturated heterocycles. The topological polar surface area (TPSA) is 78.5 Å². The molecule has 3 aromatic rings. The summed E-state index contributed by atoms with van der Waals surface area (Å²) in [5, 5.41) is 10.2. The summed E-state index contributed by atoms with van der Waals surface area (Å²) in [6.45, 7) is 3.16. The van der Waals surface area contributed by atoms with Crippen LogP contribution in [-0.4, -0.2) is 40.2 Å². The smallest absolute Gasteiger partial charge is 0.251 e. The molecule has 1 aromatic heterocycles. The van der Waals surface area contributed by atoms with E-state index in [0.717, 1.165) is 25.2 Å². The maximum absolute atomic E-state index is 12.3. The number of H-pyrrole nitrogens is 1. The van der Waals surface area contributed by atoms with Gasteiger partial charge in [-0.05, 0) is 55.8 Å². The highest BCUT2D eigenvalue weighted by atomic mass is 16.5. The Labute approximate surface area is 163 Å². The average Bonchev–Trinajstić information content (AvgIpc) is 3.21. The summed E-state index contributed by atoms with van der Waals surface area (Å²) < 4.78 is 5.23. The van der Waals surface area contributed by atoms with Crippen LogP contribution in [0.2, 0.25) is 0 Å². The number of phenolic OH excluding ortho intramolecular Hbond substituents is 1. The first-order valence-electron chi connectivity index (χ1n) is 9.43. The number of ether oxygens (including phenoxy) is 1. The minimum Gasteiger partial charge on any atom is -0.507 e. The molecular weight excluding hydrogens is 354 g/mol. The van der Waals surface area contributed by atoms with Crippen molar-refractivity contribution in [3.63, 3.8) is 0 Å². The first-order chi connectivity index (χ1) is 13.6. The van der Waals surface area contributed by atoms with E-state index >= 15 is 0 Å². The lowest BCUT2D eigenvalue weighted by molar-refractivity contribution is 0.331. The van der Waals surface area contributed by atoms with Crippen molar-refractivity contribution < 1.29 is 9.84 Å². The van der Waals surface area contributed by atoms with Crippen molar-refractivity contribution in [3.8, 4) is 34.1 Å². The van der Waals surface area contributed by atoms with Crippen molar-refractivity contribution in [2.75, 3.05) is 20.2 Å². The monoisotopic (exact) mass is 377 g/mol. The number of aromatic hydroxyl groups is 1. The molecule has 0 saturated carbocycles. The molecule has 1 aliphatic heterocycles. The van der Waals surface area contributed by atoms with Crippen molar-refractivity contribution in [1.82, 2.24) is 14.9 Å². The summed E-state index contributed by atoms with van der Waals surface area (Å²) in [5.74, 6) is 1.12. The summed E-state index contributed by atoms with van der Waals surface area (Å²) in [4.78, 5) is 22.1. The molecule has 0 amide bonds. The molecule has 0 bridgehead atoms. The zero-order valence-electron chi connectivity index (χ0n) is 15.8. The maximum Gasteiger partial charge on any atom is 0.251 e. The number of benzene rings is 2. The van der Waals surface area contributed by atoms with E-state index in [1.54, 1.807) is 19.2 Å². The minimum absolute atomic E-state index is 0.0487. The fourth-order valence-corrected chi connectivity index (χ4v) is 3.60. The van der Waals surface area contributed by atoms with Crippen molar-refractivity contribution >= 4 is 0 Å². The summed E-state index contributed by atoms with van der Waals surface area (Å²) >= 11 is 0. The third-order valence-electron chi connectivity index (χ3n) is 5.03. The van der Waals surface area contributed by atoms with E-state index in [4.69, 9.17) is 4.74 Å². The zero-order chi connectivity index (χ0) is 19.5. The van der Waals surface area contributed by atoms with E-state index in [2.05, 4.69) is 27.0 Å². The van der Waals surface area contributed by atoms with Gasteiger partial charge in [-0.1, -0.05) is 18.2 Å². The summed E-state index contributed by atoms with van der Waals surface area (Å²) in [6, 6.07) is 14.3. The number of rotatable bonds is 5. The molecule has 2 aromatic carbocycles. The Morgan fingerprint density at radius 1 is 1.14 bits per heavy atom. The quantitative estimate of drug-likeness (QED) is 0.712. The lowest BCUT2D eigenvalue weighted by atomic mass is 10.1. The second kappa shape index (κ2) is 7.86. The molecule has 144 valence electrons. The van der Waals surface area contributed by atoms with Gasteiger partial charge < -0.3 is 14.8 Å². The summed E-state index contributed by atoms with van der Waals surface area (Å²) in [7, 11) is 1.55. The average molecular weight is 377 g/mol. The fourth-order valence-electron chi connectivity index (χ4n) is 3.60. The standard InChI is InChI=1S/C22H23N3O3/c1-28-17-7-8-20(26)18(12-17)19-13-21(27)24-22(23-19)16-6-4-5-15(11-16)14-25-9-2-3-10-25/h4-8,11-13,26H,2-3,9-10,14H2,1H3,(H,23,24,27). The molecule has 28 heavy (non-hydrogen) atoms. The highest BCUT2D eigenvalue weighted by Gasteiger charge is 2.14. The van der Waals surface area contributed by atoms with Gasteiger partial charge in [-0.25, -0.2) is 4.98 Å². The molecule has 1 fully saturated rings. The van der Waals surface area contributed by atoms with Crippen LogP contribution in [0.15, 0.2) is 53.3 Å². The first-order valence-corrected chi connectivity index (χ1v) is 9.43. The molecule has 0 atom stereocenters. The van der Waals surface area contributed by atoms with Crippen LogP contribution in [0.3, 0.4) is 0 Å². The molecule has 0 aliphatic carbocycles. The van der Waals surface area contributed by atoms with Crippen LogP contribution in [-0.2, 0) is 6.54 Å². The molecule has 6 nitrogen and oxygen atoms in total. The van der Waals surface area contributed by atoms with Gasteiger partial charge in [0.05, 0.1) is 12.8 Å². The first kappa shape index (κ1) is 18.3. The van der Waals surface area contributed by atoms with Gasteiger partial charge in [0.15, 0.2) is 0 Å². The van der Waals surface area contributed by atoms with Crippen LogP contribution in [0.5, 0.6) is 11.5 Å². The van der Waals surface area contributed by atoms with Gasteiger partial charge in [0.2, 0.25) is 0 Å². The van der Waals surface area contributed by atoms with Gasteiger partial charge in [0, 0.05) is 23.7 Å². The van der Waals surface area contributed by atoms with Gasteiger partial charge in [-0.15, -0.1) is 0 Å². The predicted octanol–water partition coefficient (Wildman–Crippen LogP) is 3.41. The number of nitrogens with one attached hydrogen (secondary N) is 1. The molecular formula is C22H23N3O3. The third kappa shape index (κ3) is 3.92. The highest BCUT2D eigenvalue weighted by molar-refractivity contribution is 5.70. The number of aromatic amines is 1. The second-order valence-electron chi connectivity index (χ2n) is 7.05.